The molecule has 1 saturated heterocycles. The van der Waals surface area contributed by atoms with Crippen LogP contribution in [0.4, 0.5) is 0 Å². The Balaban J connectivity index is 1.49. The summed E-state index contributed by atoms with van der Waals surface area (Å²) >= 11 is 0. The van der Waals surface area contributed by atoms with Gasteiger partial charge in [0.05, 0.1) is 16.0 Å². The molecule has 4 rings (SSSR count). The largest absolute Gasteiger partial charge is 0.368 e. The molecule has 23 heavy (non-hydrogen) atoms. The van der Waals surface area contributed by atoms with Gasteiger partial charge in [-0.25, -0.2) is 8.42 Å². The fourth-order valence-electron chi connectivity index (χ4n) is 4.22. The molecule has 2 heterocycles. The number of rotatable bonds is 2. The van der Waals surface area contributed by atoms with E-state index in [4.69, 9.17) is 0 Å². The molecule has 124 valence electrons. The molecule has 0 spiro atoms. The summed E-state index contributed by atoms with van der Waals surface area (Å²) in [5.74, 6) is 0. The Morgan fingerprint density at radius 1 is 0.913 bits per heavy atom. The second-order valence-electron chi connectivity index (χ2n) is 6.86. The number of sulfone groups is 1. The Morgan fingerprint density at radius 3 is 2.35 bits per heavy atom. The van der Waals surface area contributed by atoms with E-state index in [9.17, 15) is 8.42 Å². The Labute approximate surface area is 138 Å². The maximum absolute atomic E-state index is 12.3. The second-order valence-corrected chi connectivity index (χ2v) is 8.62. The smallest absolute Gasteiger partial charge is 0.202 e. The summed E-state index contributed by atoms with van der Waals surface area (Å²) in [6, 6.07) is 8.12. The van der Waals surface area contributed by atoms with Crippen LogP contribution < -0.4 is 0 Å². The molecule has 0 atom stereocenters. The summed E-state index contributed by atoms with van der Waals surface area (Å²) in [4.78, 5) is 5.33. The molecule has 0 unspecified atom stereocenters. The zero-order valence-electron chi connectivity index (χ0n) is 13.4. The van der Waals surface area contributed by atoms with Crippen molar-refractivity contribution in [1.82, 2.24) is 9.80 Å². The highest BCUT2D eigenvalue weighted by Crippen LogP contribution is 2.36. The summed E-state index contributed by atoms with van der Waals surface area (Å²) in [6.07, 6.45) is 6.78. The lowest BCUT2D eigenvalue weighted by Gasteiger charge is -2.41. The van der Waals surface area contributed by atoms with Gasteiger partial charge >= 0.3 is 0 Å². The van der Waals surface area contributed by atoms with Crippen molar-refractivity contribution in [3.8, 4) is 0 Å². The summed E-state index contributed by atoms with van der Waals surface area (Å²) in [5, 5.41) is 1.47. The van der Waals surface area contributed by atoms with E-state index >= 15 is 0 Å². The molecule has 0 aromatic heterocycles. The molecule has 1 aliphatic carbocycles. The summed E-state index contributed by atoms with van der Waals surface area (Å²) in [6.45, 7) is 3.94. The molecule has 0 amide bonds. The second kappa shape index (κ2) is 5.95. The van der Waals surface area contributed by atoms with Crippen molar-refractivity contribution in [2.45, 2.75) is 43.0 Å². The topological polar surface area (TPSA) is 40.6 Å². The number of hydrogen-bond acceptors (Lipinski definition) is 4. The van der Waals surface area contributed by atoms with Gasteiger partial charge in [0.2, 0.25) is 9.84 Å². The maximum Gasteiger partial charge on any atom is 0.202 e. The third-order valence-electron chi connectivity index (χ3n) is 5.48. The highest BCUT2D eigenvalue weighted by atomic mass is 32.2. The third-order valence-corrected chi connectivity index (χ3v) is 6.98. The minimum absolute atomic E-state index is 0.463. The van der Waals surface area contributed by atoms with E-state index in [2.05, 4.69) is 9.80 Å². The summed E-state index contributed by atoms with van der Waals surface area (Å²) in [7, 11) is -3.26. The van der Waals surface area contributed by atoms with E-state index in [1.807, 2.05) is 12.1 Å². The first-order valence-electron chi connectivity index (χ1n) is 8.70. The van der Waals surface area contributed by atoms with Gasteiger partial charge in [0.25, 0.3) is 0 Å². The molecular weight excluding hydrogens is 308 g/mol. The first-order valence-corrected chi connectivity index (χ1v) is 10.2. The van der Waals surface area contributed by atoms with Crippen molar-refractivity contribution in [2.75, 3.05) is 26.2 Å². The summed E-state index contributed by atoms with van der Waals surface area (Å²) in [5.41, 5.74) is 1.77. The van der Waals surface area contributed by atoms with Crippen molar-refractivity contribution in [2.24, 2.45) is 0 Å². The fraction of sp³-hybridized carbons (Fsp3) is 0.556. The van der Waals surface area contributed by atoms with Crippen LogP contribution in [-0.2, 0) is 9.84 Å². The standard InChI is InChI=1S/C18H24N2O2S/c21-23(22)14-17(16-8-4-5-9-18(16)23)20-12-10-19(11-13-20)15-6-2-1-3-7-15/h4-5,8-9,14-15H,1-3,6-7,10-13H2. The molecule has 5 heteroatoms. The van der Waals surface area contributed by atoms with Gasteiger partial charge in [-0.3, -0.25) is 4.90 Å². The third kappa shape index (κ3) is 2.81. The molecule has 1 saturated carbocycles. The van der Waals surface area contributed by atoms with Gasteiger partial charge in [0, 0.05) is 37.8 Å². The van der Waals surface area contributed by atoms with E-state index in [0.717, 1.165) is 43.5 Å². The van der Waals surface area contributed by atoms with Crippen LogP contribution in [-0.4, -0.2) is 50.4 Å². The van der Waals surface area contributed by atoms with Crippen LogP contribution in [0.5, 0.6) is 0 Å². The van der Waals surface area contributed by atoms with Crippen LogP contribution in [0.2, 0.25) is 0 Å². The van der Waals surface area contributed by atoms with Gasteiger partial charge < -0.3 is 4.90 Å². The number of benzene rings is 1. The van der Waals surface area contributed by atoms with Crippen LogP contribution in [0, 0.1) is 0 Å². The Hall–Kier alpha value is -1.33. The zero-order chi connectivity index (χ0) is 15.9. The van der Waals surface area contributed by atoms with E-state index < -0.39 is 9.84 Å². The minimum atomic E-state index is -3.26. The summed E-state index contributed by atoms with van der Waals surface area (Å²) < 4.78 is 24.6. The number of nitrogens with zero attached hydrogens (tertiary/aromatic N) is 2. The molecule has 0 radical (unpaired) electrons. The Morgan fingerprint density at radius 2 is 1.61 bits per heavy atom. The minimum Gasteiger partial charge on any atom is -0.368 e. The lowest BCUT2D eigenvalue weighted by atomic mass is 9.94. The molecule has 0 N–H and O–H groups in total. The quantitative estimate of drug-likeness (QED) is 0.835. The SMILES string of the molecule is O=S1(=O)C=C(N2CCN(C3CCCCC3)CC2)c2ccccc21. The molecule has 1 aromatic carbocycles. The fourth-order valence-corrected chi connectivity index (χ4v) is 5.66. The average molecular weight is 332 g/mol. The van der Waals surface area contributed by atoms with E-state index in [-0.39, 0.29) is 0 Å². The maximum atomic E-state index is 12.3. The van der Waals surface area contributed by atoms with Gasteiger partial charge in [-0.05, 0) is 18.9 Å². The van der Waals surface area contributed by atoms with E-state index in [1.54, 1.807) is 12.1 Å². The lowest BCUT2D eigenvalue weighted by molar-refractivity contribution is 0.104. The molecule has 4 nitrogen and oxygen atoms in total. The molecule has 1 aromatic rings. The number of fused-ring (bicyclic) bond motifs is 1. The van der Waals surface area contributed by atoms with Crippen LogP contribution in [0.3, 0.4) is 0 Å². The monoisotopic (exact) mass is 332 g/mol. The first kappa shape index (κ1) is 15.2. The van der Waals surface area contributed by atoms with Crippen molar-refractivity contribution >= 4 is 15.5 Å². The van der Waals surface area contributed by atoms with E-state index in [0.29, 0.717) is 4.90 Å². The highest BCUT2D eigenvalue weighted by molar-refractivity contribution is 7.94. The first-order chi connectivity index (χ1) is 11.1. The zero-order valence-corrected chi connectivity index (χ0v) is 14.3. The average Bonchev–Trinajstić information content (AvgIpc) is 2.88. The highest BCUT2D eigenvalue weighted by Gasteiger charge is 2.32. The van der Waals surface area contributed by atoms with Gasteiger partial charge in [-0.2, -0.15) is 0 Å². The Bertz CT molecular complexity index is 712. The Kier molecular flexibility index (Phi) is 3.93. The van der Waals surface area contributed by atoms with Crippen molar-refractivity contribution < 1.29 is 8.42 Å². The normalized spacial score (nSPS) is 25.2. The van der Waals surface area contributed by atoms with Crippen molar-refractivity contribution in [3.63, 3.8) is 0 Å². The van der Waals surface area contributed by atoms with Gasteiger partial charge in [-0.1, -0.05) is 37.5 Å². The number of hydrogen-bond donors (Lipinski definition) is 0. The van der Waals surface area contributed by atoms with Gasteiger partial charge in [0.1, 0.15) is 0 Å². The molecule has 3 aliphatic rings. The lowest BCUT2D eigenvalue weighted by Crippen LogP contribution is -2.50. The molecule has 2 aliphatic heterocycles. The van der Waals surface area contributed by atoms with Crippen LogP contribution >= 0.6 is 0 Å². The van der Waals surface area contributed by atoms with Crippen LogP contribution in [0.25, 0.3) is 5.70 Å². The van der Waals surface area contributed by atoms with Crippen LogP contribution in [0.1, 0.15) is 37.7 Å². The van der Waals surface area contributed by atoms with E-state index in [1.165, 1.54) is 37.5 Å². The predicted molar refractivity (Wildman–Crippen MR) is 91.6 cm³/mol. The predicted octanol–water partition coefficient (Wildman–Crippen LogP) is 2.72. The van der Waals surface area contributed by atoms with Gasteiger partial charge in [0.15, 0.2) is 0 Å². The van der Waals surface area contributed by atoms with Crippen LogP contribution in [0.15, 0.2) is 34.6 Å². The van der Waals surface area contributed by atoms with Gasteiger partial charge in [-0.15, -0.1) is 0 Å². The number of piperazine rings is 1. The van der Waals surface area contributed by atoms with Crippen molar-refractivity contribution in [1.29, 1.82) is 0 Å². The molecule has 2 fully saturated rings. The van der Waals surface area contributed by atoms with Crippen molar-refractivity contribution in [3.05, 3.63) is 35.2 Å². The molecule has 0 bridgehead atoms. The molecular formula is C18H24N2O2S.